The Bertz CT molecular complexity index is 845. The number of carbonyl (C=O) groups excluding carboxylic acids is 1. The minimum atomic E-state index is -0.0539. The summed E-state index contributed by atoms with van der Waals surface area (Å²) in [6.07, 6.45) is 2.10. The molecule has 0 fully saturated rings. The van der Waals surface area contributed by atoms with Crippen molar-refractivity contribution in [2.75, 3.05) is 10.6 Å². The number of aromatic nitrogens is 1. The number of rotatable bonds is 6. The molecule has 3 aromatic rings. The van der Waals surface area contributed by atoms with Gasteiger partial charge in [-0.25, -0.2) is 4.98 Å². The summed E-state index contributed by atoms with van der Waals surface area (Å²) in [5.41, 5.74) is 3.14. The molecule has 1 aromatic heterocycles. The molecular formula is C24H27N3O. The number of nitrogens with one attached hydrogen (secondary N) is 2. The zero-order valence-corrected chi connectivity index (χ0v) is 16.6. The second-order valence-electron chi connectivity index (χ2n) is 7.93. The molecule has 2 N–H and O–H groups in total. The molecule has 0 saturated heterocycles. The maximum atomic E-state index is 12.7. The van der Waals surface area contributed by atoms with Crippen LogP contribution in [0.15, 0.2) is 79.0 Å². The second-order valence-corrected chi connectivity index (χ2v) is 7.93. The molecule has 0 radical (unpaired) electrons. The van der Waals surface area contributed by atoms with Gasteiger partial charge in [0.25, 0.3) is 0 Å². The third kappa shape index (κ3) is 5.68. The van der Waals surface area contributed by atoms with Crippen molar-refractivity contribution in [2.24, 2.45) is 0 Å². The van der Waals surface area contributed by atoms with E-state index in [9.17, 15) is 4.79 Å². The van der Waals surface area contributed by atoms with E-state index in [0.717, 1.165) is 16.8 Å². The van der Waals surface area contributed by atoms with Crippen molar-refractivity contribution in [3.05, 3.63) is 90.1 Å². The molecule has 144 valence electrons. The number of amides is 1. The average molecular weight is 374 g/mol. The van der Waals surface area contributed by atoms with Gasteiger partial charge in [-0.2, -0.15) is 0 Å². The predicted molar refractivity (Wildman–Crippen MR) is 116 cm³/mol. The van der Waals surface area contributed by atoms with Crippen molar-refractivity contribution in [1.82, 2.24) is 4.98 Å². The summed E-state index contributed by atoms with van der Waals surface area (Å²) in [6, 6.07) is 24.0. The maximum Gasteiger partial charge on any atom is 0.226 e. The van der Waals surface area contributed by atoms with Gasteiger partial charge in [0.05, 0.1) is 11.9 Å². The molecule has 1 heterocycles. The van der Waals surface area contributed by atoms with Gasteiger partial charge >= 0.3 is 0 Å². The number of benzene rings is 2. The lowest BCUT2D eigenvalue weighted by Crippen LogP contribution is -2.26. The lowest BCUT2D eigenvalue weighted by Gasteiger charge is -2.22. The number of nitrogens with zero attached hydrogens (tertiary/aromatic N) is 1. The van der Waals surface area contributed by atoms with Gasteiger partial charge in [0, 0.05) is 17.9 Å². The SMILES string of the molecule is CC(C)(C)Nc1ccc(NC(=O)CC(c2ccccc2)c2ccccc2)nc1. The largest absolute Gasteiger partial charge is 0.379 e. The van der Waals surface area contributed by atoms with Crippen LogP contribution in [-0.4, -0.2) is 16.4 Å². The van der Waals surface area contributed by atoms with E-state index in [1.54, 1.807) is 6.20 Å². The quantitative estimate of drug-likeness (QED) is 0.604. The van der Waals surface area contributed by atoms with Crippen molar-refractivity contribution < 1.29 is 4.79 Å². The highest BCUT2D eigenvalue weighted by Gasteiger charge is 2.18. The summed E-state index contributed by atoms with van der Waals surface area (Å²) < 4.78 is 0. The minimum Gasteiger partial charge on any atom is -0.379 e. The number of anilines is 2. The van der Waals surface area contributed by atoms with Crippen LogP contribution in [0.1, 0.15) is 44.2 Å². The molecule has 28 heavy (non-hydrogen) atoms. The molecule has 0 aliphatic heterocycles. The second kappa shape index (κ2) is 8.70. The van der Waals surface area contributed by atoms with Gasteiger partial charge in [0.1, 0.15) is 5.82 Å². The summed E-state index contributed by atoms with van der Waals surface area (Å²) >= 11 is 0. The Balaban J connectivity index is 1.71. The highest BCUT2D eigenvalue weighted by Crippen LogP contribution is 2.28. The average Bonchev–Trinajstić information content (AvgIpc) is 2.68. The first-order valence-corrected chi connectivity index (χ1v) is 9.55. The van der Waals surface area contributed by atoms with Gasteiger partial charge in [-0.1, -0.05) is 60.7 Å². The van der Waals surface area contributed by atoms with Crippen molar-refractivity contribution in [1.29, 1.82) is 0 Å². The fourth-order valence-corrected chi connectivity index (χ4v) is 3.15. The van der Waals surface area contributed by atoms with Crippen LogP contribution >= 0.6 is 0 Å². The fraction of sp³-hybridized carbons (Fsp3) is 0.250. The third-order valence-corrected chi connectivity index (χ3v) is 4.34. The van der Waals surface area contributed by atoms with E-state index < -0.39 is 0 Å². The maximum absolute atomic E-state index is 12.7. The molecule has 4 nitrogen and oxygen atoms in total. The molecule has 0 bridgehead atoms. The van der Waals surface area contributed by atoms with Gasteiger partial charge in [-0.05, 0) is 44.0 Å². The highest BCUT2D eigenvalue weighted by molar-refractivity contribution is 5.90. The summed E-state index contributed by atoms with van der Waals surface area (Å²) in [5.74, 6) is 0.510. The lowest BCUT2D eigenvalue weighted by atomic mass is 9.88. The van der Waals surface area contributed by atoms with Crippen LogP contribution in [0, 0.1) is 0 Å². The Morgan fingerprint density at radius 3 is 1.93 bits per heavy atom. The summed E-state index contributed by atoms with van der Waals surface area (Å²) in [7, 11) is 0. The Labute approximate surface area is 167 Å². The van der Waals surface area contributed by atoms with E-state index >= 15 is 0 Å². The Morgan fingerprint density at radius 1 is 0.893 bits per heavy atom. The molecule has 2 aromatic carbocycles. The minimum absolute atomic E-state index is 0.00392. The molecule has 0 saturated carbocycles. The molecule has 0 aliphatic carbocycles. The van der Waals surface area contributed by atoms with E-state index in [4.69, 9.17) is 0 Å². The summed E-state index contributed by atoms with van der Waals surface area (Å²) in [6.45, 7) is 6.28. The molecule has 1 amide bonds. The highest BCUT2D eigenvalue weighted by atomic mass is 16.1. The molecule has 4 heteroatoms. The van der Waals surface area contributed by atoms with Gasteiger partial charge in [-0.15, -0.1) is 0 Å². The van der Waals surface area contributed by atoms with E-state index in [1.807, 2.05) is 48.5 Å². The predicted octanol–water partition coefficient (Wildman–Crippen LogP) is 5.45. The fourth-order valence-electron chi connectivity index (χ4n) is 3.15. The Kier molecular flexibility index (Phi) is 6.09. The van der Waals surface area contributed by atoms with Crippen LogP contribution < -0.4 is 10.6 Å². The molecule has 0 unspecified atom stereocenters. The van der Waals surface area contributed by atoms with Crippen molar-refractivity contribution >= 4 is 17.4 Å². The monoisotopic (exact) mass is 373 g/mol. The van der Waals surface area contributed by atoms with Crippen LogP contribution in [0.3, 0.4) is 0 Å². The first-order chi connectivity index (χ1) is 13.4. The smallest absolute Gasteiger partial charge is 0.226 e. The number of pyridine rings is 1. The van der Waals surface area contributed by atoms with E-state index in [1.165, 1.54) is 0 Å². The standard InChI is InChI=1S/C24H27N3O/c1-24(2,3)27-20-14-15-22(25-17-20)26-23(28)16-21(18-10-6-4-7-11-18)19-12-8-5-9-13-19/h4-15,17,21,27H,16H2,1-3H3,(H,25,26,28). The van der Waals surface area contributed by atoms with Crippen LogP contribution in [-0.2, 0) is 4.79 Å². The molecule has 3 rings (SSSR count). The zero-order valence-electron chi connectivity index (χ0n) is 16.6. The zero-order chi connectivity index (χ0) is 20.0. The van der Waals surface area contributed by atoms with Crippen LogP contribution in [0.4, 0.5) is 11.5 Å². The Morgan fingerprint density at radius 2 is 1.46 bits per heavy atom. The molecule has 0 spiro atoms. The normalized spacial score (nSPS) is 11.3. The third-order valence-electron chi connectivity index (χ3n) is 4.34. The molecule has 0 aliphatic rings. The molecule has 0 atom stereocenters. The number of carbonyl (C=O) groups is 1. The van der Waals surface area contributed by atoms with Crippen molar-refractivity contribution in [3.8, 4) is 0 Å². The first kappa shape index (κ1) is 19.6. The van der Waals surface area contributed by atoms with Crippen molar-refractivity contribution in [2.45, 2.75) is 38.6 Å². The van der Waals surface area contributed by atoms with Crippen LogP contribution in [0.25, 0.3) is 0 Å². The van der Waals surface area contributed by atoms with Crippen molar-refractivity contribution in [3.63, 3.8) is 0 Å². The van der Waals surface area contributed by atoms with Gasteiger partial charge < -0.3 is 10.6 Å². The van der Waals surface area contributed by atoms with Gasteiger partial charge in [-0.3, -0.25) is 4.79 Å². The Hall–Kier alpha value is -3.14. The summed E-state index contributed by atoms with van der Waals surface area (Å²) in [4.78, 5) is 17.1. The van der Waals surface area contributed by atoms with Gasteiger partial charge in [0.15, 0.2) is 0 Å². The molecular weight excluding hydrogens is 346 g/mol. The topological polar surface area (TPSA) is 54.0 Å². The number of hydrogen-bond acceptors (Lipinski definition) is 3. The first-order valence-electron chi connectivity index (χ1n) is 9.55. The van der Waals surface area contributed by atoms with Crippen LogP contribution in [0.5, 0.6) is 0 Å². The lowest BCUT2D eigenvalue weighted by molar-refractivity contribution is -0.116. The van der Waals surface area contributed by atoms with Crippen LogP contribution in [0.2, 0.25) is 0 Å². The van der Waals surface area contributed by atoms with E-state index in [-0.39, 0.29) is 17.4 Å². The summed E-state index contributed by atoms with van der Waals surface area (Å²) in [5, 5.41) is 6.29. The van der Waals surface area contributed by atoms with E-state index in [2.05, 4.69) is 60.7 Å². The number of hydrogen-bond donors (Lipinski definition) is 2. The van der Waals surface area contributed by atoms with Gasteiger partial charge in [0.2, 0.25) is 5.91 Å². The van der Waals surface area contributed by atoms with E-state index in [0.29, 0.717) is 12.2 Å².